The summed E-state index contributed by atoms with van der Waals surface area (Å²) in [5.41, 5.74) is 2.36. The van der Waals surface area contributed by atoms with Gasteiger partial charge in [0.1, 0.15) is 6.04 Å². The normalized spacial score (nSPS) is 14.5. The highest BCUT2D eigenvalue weighted by molar-refractivity contribution is 6.08. The van der Waals surface area contributed by atoms with Crippen molar-refractivity contribution in [2.45, 2.75) is 57.5 Å². The van der Waals surface area contributed by atoms with Crippen molar-refractivity contribution in [3.63, 3.8) is 0 Å². The summed E-state index contributed by atoms with van der Waals surface area (Å²) in [6.45, 7) is 4.24. The fraction of sp³-hybridized carbons (Fsp3) is 0.379. The van der Waals surface area contributed by atoms with Crippen LogP contribution in [0.1, 0.15) is 73.2 Å². The van der Waals surface area contributed by atoms with Gasteiger partial charge >= 0.3 is 0 Å². The van der Waals surface area contributed by atoms with Gasteiger partial charge in [0.2, 0.25) is 5.91 Å². The number of furan rings is 1. The summed E-state index contributed by atoms with van der Waals surface area (Å²) in [7, 11) is 3.09. The predicted molar refractivity (Wildman–Crippen MR) is 139 cm³/mol. The van der Waals surface area contributed by atoms with Gasteiger partial charge in [-0.25, -0.2) is 0 Å². The number of nitrogens with one attached hydrogen (secondary N) is 1. The van der Waals surface area contributed by atoms with Crippen LogP contribution in [0.25, 0.3) is 0 Å². The first-order valence-corrected chi connectivity index (χ1v) is 12.4. The lowest BCUT2D eigenvalue weighted by molar-refractivity contribution is -0.123. The molecular weight excluding hydrogens is 456 g/mol. The number of carbonyl (C=O) groups is 2. The van der Waals surface area contributed by atoms with E-state index in [1.807, 2.05) is 24.3 Å². The summed E-state index contributed by atoms with van der Waals surface area (Å²) >= 11 is 0. The SMILES string of the molecule is COc1ccc(N(C(=O)c2ccco2)C(C(=O)NC2CCCC2)c2ccc(C(C)C)cc2)cc1OC. The zero-order chi connectivity index (χ0) is 25.7. The van der Waals surface area contributed by atoms with Crippen LogP contribution >= 0.6 is 0 Å². The Bertz CT molecular complexity index is 1160. The van der Waals surface area contributed by atoms with E-state index in [1.54, 1.807) is 37.4 Å². The molecule has 2 amide bonds. The molecule has 0 bridgehead atoms. The Kier molecular flexibility index (Phi) is 7.98. The van der Waals surface area contributed by atoms with Crippen LogP contribution in [-0.2, 0) is 4.79 Å². The number of hydrogen-bond acceptors (Lipinski definition) is 5. The molecule has 0 saturated heterocycles. The van der Waals surface area contributed by atoms with Crippen LogP contribution in [-0.4, -0.2) is 32.1 Å². The van der Waals surface area contributed by atoms with Crippen LogP contribution < -0.4 is 19.7 Å². The molecule has 7 heteroatoms. The molecule has 0 aliphatic heterocycles. The smallest absolute Gasteiger partial charge is 0.294 e. The number of ether oxygens (including phenoxy) is 2. The van der Waals surface area contributed by atoms with E-state index in [0.29, 0.717) is 28.7 Å². The zero-order valence-electron chi connectivity index (χ0n) is 21.3. The summed E-state index contributed by atoms with van der Waals surface area (Å²) in [5, 5.41) is 3.20. The van der Waals surface area contributed by atoms with Gasteiger partial charge in [-0.2, -0.15) is 0 Å². The monoisotopic (exact) mass is 490 g/mol. The molecule has 0 radical (unpaired) electrons. The lowest BCUT2D eigenvalue weighted by Gasteiger charge is -2.32. The van der Waals surface area contributed by atoms with Gasteiger partial charge in [-0.05, 0) is 54.2 Å². The third-order valence-electron chi connectivity index (χ3n) is 6.72. The van der Waals surface area contributed by atoms with E-state index in [2.05, 4.69) is 19.2 Å². The lowest BCUT2D eigenvalue weighted by atomic mass is 9.97. The summed E-state index contributed by atoms with van der Waals surface area (Å²) in [4.78, 5) is 29.2. The van der Waals surface area contributed by atoms with E-state index >= 15 is 0 Å². The maximum absolute atomic E-state index is 13.9. The lowest BCUT2D eigenvalue weighted by Crippen LogP contribution is -2.46. The molecule has 1 fully saturated rings. The van der Waals surface area contributed by atoms with Gasteiger partial charge in [-0.1, -0.05) is 51.0 Å². The van der Waals surface area contributed by atoms with Crippen LogP contribution in [0.5, 0.6) is 11.5 Å². The first-order chi connectivity index (χ1) is 17.4. The first kappa shape index (κ1) is 25.4. The van der Waals surface area contributed by atoms with Crippen LogP contribution in [0.4, 0.5) is 5.69 Å². The minimum absolute atomic E-state index is 0.0981. The van der Waals surface area contributed by atoms with Crippen molar-refractivity contribution in [2.24, 2.45) is 0 Å². The van der Waals surface area contributed by atoms with Crippen molar-refractivity contribution < 1.29 is 23.5 Å². The maximum Gasteiger partial charge on any atom is 0.294 e. The van der Waals surface area contributed by atoms with Crippen LogP contribution in [0.2, 0.25) is 0 Å². The average Bonchev–Trinajstić information content (AvgIpc) is 3.61. The van der Waals surface area contributed by atoms with Gasteiger partial charge in [0.25, 0.3) is 5.91 Å². The van der Waals surface area contributed by atoms with Gasteiger partial charge in [0.05, 0.1) is 20.5 Å². The molecule has 36 heavy (non-hydrogen) atoms. The van der Waals surface area contributed by atoms with Crippen LogP contribution in [0.3, 0.4) is 0 Å². The minimum atomic E-state index is -0.914. The molecule has 1 atom stereocenters. The highest BCUT2D eigenvalue weighted by Gasteiger charge is 2.36. The molecule has 1 heterocycles. The molecule has 0 spiro atoms. The molecule has 1 unspecified atom stereocenters. The second kappa shape index (κ2) is 11.3. The first-order valence-electron chi connectivity index (χ1n) is 12.4. The Morgan fingerprint density at radius 3 is 2.19 bits per heavy atom. The molecule has 1 aromatic heterocycles. The van der Waals surface area contributed by atoms with Gasteiger partial charge in [-0.15, -0.1) is 0 Å². The molecule has 190 valence electrons. The minimum Gasteiger partial charge on any atom is -0.493 e. The topological polar surface area (TPSA) is 81.0 Å². The summed E-state index contributed by atoms with van der Waals surface area (Å²) in [5.74, 6) is 0.816. The molecule has 7 nitrogen and oxygen atoms in total. The number of hydrogen-bond donors (Lipinski definition) is 1. The Morgan fingerprint density at radius 1 is 0.944 bits per heavy atom. The number of methoxy groups -OCH3 is 2. The highest BCUT2D eigenvalue weighted by atomic mass is 16.5. The van der Waals surface area contributed by atoms with Crippen molar-refractivity contribution in [3.8, 4) is 11.5 Å². The Balaban J connectivity index is 1.84. The number of carbonyl (C=O) groups excluding carboxylic acids is 2. The number of anilines is 1. The quantitative estimate of drug-likeness (QED) is 0.406. The summed E-state index contributed by atoms with van der Waals surface area (Å²) in [6, 6.07) is 15.5. The summed E-state index contributed by atoms with van der Waals surface area (Å²) < 4.78 is 16.4. The molecule has 4 rings (SSSR count). The fourth-order valence-electron chi connectivity index (χ4n) is 4.71. The van der Waals surface area contributed by atoms with Gasteiger partial charge < -0.3 is 19.2 Å². The molecule has 2 aromatic carbocycles. The van der Waals surface area contributed by atoms with Crippen molar-refractivity contribution in [1.82, 2.24) is 5.32 Å². The Hall–Kier alpha value is -3.74. The van der Waals surface area contributed by atoms with E-state index in [4.69, 9.17) is 13.9 Å². The van der Waals surface area contributed by atoms with Crippen molar-refractivity contribution in [3.05, 3.63) is 77.7 Å². The molecule has 1 saturated carbocycles. The van der Waals surface area contributed by atoms with E-state index in [-0.39, 0.29) is 17.7 Å². The molecular formula is C29H34N2O5. The van der Waals surface area contributed by atoms with Gasteiger partial charge in [-0.3, -0.25) is 14.5 Å². The standard InChI is InChI=1S/C29H34N2O5/c1-19(2)20-11-13-21(14-12-20)27(28(32)30-22-8-5-6-9-22)31(29(33)25-10-7-17-36-25)23-15-16-24(34-3)26(18-23)35-4/h7,10-19,22,27H,5-6,8-9H2,1-4H3,(H,30,32). The van der Waals surface area contributed by atoms with Crippen molar-refractivity contribution >= 4 is 17.5 Å². The molecule has 1 aliphatic carbocycles. The van der Waals surface area contributed by atoms with Crippen LogP contribution in [0, 0.1) is 0 Å². The second-order valence-corrected chi connectivity index (χ2v) is 9.41. The average molecular weight is 491 g/mol. The fourth-order valence-corrected chi connectivity index (χ4v) is 4.71. The molecule has 1 aliphatic rings. The van der Waals surface area contributed by atoms with Crippen molar-refractivity contribution in [1.29, 1.82) is 0 Å². The van der Waals surface area contributed by atoms with Crippen LogP contribution in [0.15, 0.2) is 65.3 Å². The highest BCUT2D eigenvalue weighted by Crippen LogP contribution is 2.37. The Morgan fingerprint density at radius 2 is 1.61 bits per heavy atom. The number of nitrogens with zero attached hydrogens (tertiary/aromatic N) is 1. The number of benzene rings is 2. The number of amides is 2. The van der Waals surface area contributed by atoms with E-state index in [0.717, 1.165) is 31.2 Å². The third-order valence-corrected chi connectivity index (χ3v) is 6.72. The van der Waals surface area contributed by atoms with E-state index in [1.165, 1.54) is 18.3 Å². The van der Waals surface area contributed by atoms with E-state index < -0.39 is 11.9 Å². The summed E-state index contributed by atoms with van der Waals surface area (Å²) in [6.07, 6.45) is 5.50. The Labute approximate surface area is 212 Å². The van der Waals surface area contributed by atoms with Gasteiger partial charge in [0.15, 0.2) is 17.3 Å². The maximum atomic E-state index is 13.9. The predicted octanol–water partition coefficient (Wildman–Crippen LogP) is 5.87. The van der Waals surface area contributed by atoms with Gasteiger partial charge in [0, 0.05) is 17.8 Å². The molecule has 3 aromatic rings. The third kappa shape index (κ3) is 5.40. The second-order valence-electron chi connectivity index (χ2n) is 9.41. The van der Waals surface area contributed by atoms with Crippen molar-refractivity contribution in [2.75, 3.05) is 19.1 Å². The zero-order valence-corrected chi connectivity index (χ0v) is 21.3. The van der Waals surface area contributed by atoms with E-state index in [9.17, 15) is 9.59 Å². The molecule has 1 N–H and O–H groups in total. The largest absolute Gasteiger partial charge is 0.493 e. The number of rotatable bonds is 9.